The van der Waals surface area contributed by atoms with Gasteiger partial charge in [0.05, 0.1) is 4.90 Å². The van der Waals surface area contributed by atoms with E-state index in [-0.39, 0.29) is 112 Å². The molecule has 0 saturated heterocycles. The fourth-order valence-electron chi connectivity index (χ4n) is 0.743. The molecule has 70 valence electrons. The van der Waals surface area contributed by atoms with Crippen LogP contribution in [0.1, 0.15) is 0 Å². The largest absolute Gasteiger partial charge is 1.00 e. The molecule has 0 radical (unpaired) electrons. The Morgan fingerprint density at radius 3 is 1.93 bits per heavy atom. The van der Waals surface area contributed by atoms with Gasteiger partial charge in [0.2, 0.25) is 0 Å². The summed E-state index contributed by atoms with van der Waals surface area (Å²) in [6.45, 7) is 0. The van der Waals surface area contributed by atoms with Crippen LogP contribution < -0.4 is 103 Å². The van der Waals surface area contributed by atoms with E-state index in [1.54, 1.807) is 18.2 Å². The third-order valence-electron chi connectivity index (χ3n) is 1.24. The van der Waals surface area contributed by atoms with Crippen LogP contribution in [0.2, 0.25) is 0 Å². The molecule has 0 saturated carbocycles. The van der Waals surface area contributed by atoms with Gasteiger partial charge in [-0.05, 0) is 12.1 Å². The van der Waals surface area contributed by atoms with Crippen LogP contribution in [0.4, 0.5) is 0 Å². The second-order valence-corrected chi connectivity index (χ2v) is 4.78. The molecule has 0 fully saturated rings. The summed E-state index contributed by atoms with van der Waals surface area (Å²) in [4.78, 5) is 0.0993. The van der Waals surface area contributed by atoms with E-state index in [4.69, 9.17) is 0 Å². The molecule has 0 bridgehead atoms. The molecule has 1 rings (SSSR count). The SMILES string of the molecule is O=S(=O)(N=C([S-])[S-])c1ccccc1.[K+].[K+]. The Morgan fingerprint density at radius 2 is 1.53 bits per heavy atom. The van der Waals surface area contributed by atoms with Gasteiger partial charge in [-0.2, -0.15) is 8.42 Å². The first-order chi connectivity index (χ1) is 6.02. The molecule has 0 aliphatic carbocycles. The van der Waals surface area contributed by atoms with Crippen molar-refractivity contribution in [3.05, 3.63) is 30.3 Å². The molecule has 1 aromatic rings. The van der Waals surface area contributed by atoms with Crippen LogP contribution in [0.25, 0.3) is 0 Å². The maximum absolute atomic E-state index is 11.3. The third kappa shape index (κ3) is 7.55. The molecule has 0 aliphatic heterocycles. The summed E-state index contributed by atoms with van der Waals surface area (Å²) < 4.78 is 25.5. The van der Waals surface area contributed by atoms with Crippen LogP contribution >= 0.6 is 0 Å². The topological polar surface area (TPSA) is 46.5 Å². The first-order valence-electron chi connectivity index (χ1n) is 3.26. The third-order valence-corrected chi connectivity index (χ3v) is 2.94. The maximum atomic E-state index is 11.3. The zero-order valence-electron chi connectivity index (χ0n) is 8.38. The molecular formula is C7H5K2NO2S3. The average Bonchev–Trinajstić information content (AvgIpc) is 2.04. The van der Waals surface area contributed by atoms with Crippen molar-refractivity contribution in [2.24, 2.45) is 4.40 Å². The van der Waals surface area contributed by atoms with E-state index in [1.807, 2.05) is 0 Å². The van der Waals surface area contributed by atoms with E-state index in [0.29, 0.717) is 0 Å². The van der Waals surface area contributed by atoms with Gasteiger partial charge < -0.3 is 25.3 Å². The van der Waals surface area contributed by atoms with E-state index < -0.39 is 10.0 Å². The van der Waals surface area contributed by atoms with Crippen molar-refractivity contribution in [2.45, 2.75) is 4.90 Å². The number of nitrogens with zero attached hydrogens (tertiary/aromatic N) is 1. The fraction of sp³-hybridized carbons (Fsp3) is 0. The minimum atomic E-state index is -3.68. The van der Waals surface area contributed by atoms with Crippen molar-refractivity contribution in [3.63, 3.8) is 0 Å². The first-order valence-corrected chi connectivity index (χ1v) is 5.52. The second kappa shape index (κ2) is 9.48. The standard InChI is InChI=1S/C7H7NO2S3.2K/c9-13(10,8-7(11)12)6-4-2-1-3-5-6;;/h1-5H,(H2,8,11,12);;/q;2*+1/p-2. The summed E-state index contributed by atoms with van der Waals surface area (Å²) in [5.74, 6) is 0. The van der Waals surface area contributed by atoms with Crippen LogP contribution in [-0.4, -0.2) is 12.8 Å². The molecule has 3 nitrogen and oxygen atoms in total. The smallest absolute Gasteiger partial charge is 0.788 e. The van der Waals surface area contributed by atoms with E-state index in [0.717, 1.165) is 0 Å². The van der Waals surface area contributed by atoms with E-state index in [2.05, 4.69) is 29.7 Å². The molecule has 0 unspecified atom stereocenters. The normalized spacial score (nSPS) is 9.33. The Bertz CT molecular complexity index is 415. The number of hydrogen-bond donors (Lipinski definition) is 0. The Labute approximate surface area is 186 Å². The van der Waals surface area contributed by atoms with Crippen LogP contribution in [-0.2, 0) is 35.3 Å². The number of hydrogen-bond acceptors (Lipinski definition) is 4. The molecule has 0 amide bonds. The van der Waals surface area contributed by atoms with Crippen molar-refractivity contribution in [3.8, 4) is 0 Å². The summed E-state index contributed by atoms with van der Waals surface area (Å²) in [6, 6.07) is 7.80. The van der Waals surface area contributed by atoms with Gasteiger partial charge in [0.15, 0.2) is 0 Å². The molecule has 0 heterocycles. The molecule has 15 heavy (non-hydrogen) atoms. The Hall–Kier alpha value is 2.55. The summed E-state index contributed by atoms with van der Waals surface area (Å²) in [5.41, 5.74) is 0. The number of rotatable bonds is 2. The predicted octanol–water partition coefficient (Wildman–Crippen LogP) is -5.17. The molecule has 0 spiro atoms. The van der Waals surface area contributed by atoms with Crippen LogP contribution in [0.5, 0.6) is 0 Å². The van der Waals surface area contributed by atoms with Gasteiger partial charge in [-0.1, -0.05) is 18.2 Å². The fourth-order valence-corrected chi connectivity index (χ4v) is 2.13. The summed E-state index contributed by atoms with van der Waals surface area (Å²) in [7, 11) is -3.68. The van der Waals surface area contributed by atoms with Crippen molar-refractivity contribution < 1.29 is 111 Å². The summed E-state index contributed by atoms with van der Waals surface area (Å²) in [6.07, 6.45) is 0. The second-order valence-electron chi connectivity index (χ2n) is 2.15. The molecule has 0 aromatic heterocycles. The van der Waals surface area contributed by atoms with Crippen molar-refractivity contribution in [1.29, 1.82) is 0 Å². The van der Waals surface area contributed by atoms with Crippen LogP contribution in [0.15, 0.2) is 39.6 Å². The minimum absolute atomic E-state index is 0. The molecule has 1 aromatic carbocycles. The number of sulfonamides is 1. The van der Waals surface area contributed by atoms with Crippen molar-refractivity contribution in [2.75, 3.05) is 0 Å². The van der Waals surface area contributed by atoms with E-state index in [9.17, 15) is 8.42 Å². The van der Waals surface area contributed by atoms with Gasteiger partial charge in [0.1, 0.15) is 0 Å². The zero-order chi connectivity index (χ0) is 9.90. The van der Waals surface area contributed by atoms with Gasteiger partial charge in [0.25, 0.3) is 10.0 Å². The molecule has 0 N–H and O–H groups in total. The monoisotopic (exact) mass is 309 g/mol. The minimum Gasteiger partial charge on any atom is -0.788 e. The molecule has 0 atom stereocenters. The van der Waals surface area contributed by atoms with Crippen LogP contribution in [0, 0.1) is 0 Å². The Balaban J connectivity index is 0. The van der Waals surface area contributed by atoms with E-state index in [1.165, 1.54) is 12.1 Å². The molecule has 0 aliphatic rings. The summed E-state index contributed by atoms with van der Waals surface area (Å²) in [5, 5.41) is 0. The van der Waals surface area contributed by atoms with Crippen LogP contribution in [0.3, 0.4) is 0 Å². The average molecular weight is 310 g/mol. The quantitative estimate of drug-likeness (QED) is 0.237. The van der Waals surface area contributed by atoms with Gasteiger partial charge in [-0.15, -0.1) is 0 Å². The van der Waals surface area contributed by atoms with E-state index >= 15 is 0 Å². The molecule has 8 heteroatoms. The first kappa shape index (κ1) is 19.9. The summed E-state index contributed by atoms with van der Waals surface area (Å²) >= 11 is 8.83. The van der Waals surface area contributed by atoms with Gasteiger partial charge in [-0.25, -0.2) is 8.77 Å². The van der Waals surface area contributed by atoms with Crippen molar-refractivity contribution >= 4 is 39.7 Å². The Morgan fingerprint density at radius 1 is 1.07 bits per heavy atom. The molecular weight excluding hydrogens is 304 g/mol. The van der Waals surface area contributed by atoms with Crippen molar-refractivity contribution in [1.82, 2.24) is 0 Å². The Kier molecular flexibility index (Phi) is 12.6. The van der Waals surface area contributed by atoms with Gasteiger partial charge in [-0.3, -0.25) is 0 Å². The van der Waals surface area contributed by atoms with Gasteiger partial charge in [0, 0.05) is 0 Å². The predicted molar refractivity (Wildman–Crippen MR) is 55.8 cm³/mol. The number of benzene rings is 1. The zero-order valence-corrected chi connectivity index (χ0v) is 17.1. The van der Waals surface area contributed by atoms with Gasteiger partial charge >= 0.3 is 103 Å². The maximum Gasteiger partial charge on any atom is 1.00 e.